The molecule has 0 spiro atoms. The Morgan fingerprint density at radius 3 is 2.80 bits per heavy atom. The molecular formula is C12H15N3. The van der Waals surface area contributed by atoms with Crippen LogP contribution < -0.4 is 0 Å². The third kappa shape index (κ3) is 2.12. The Balaban J connectivity index is 2.46. The van der Waals surface area contributed by atoms with E-state index in [1.165, 1.54) is 0 Å². The lowest BCUT2D eigenvalue weighted by molar-refractivity contribution is 0.809. The molecule has 1 unspecified atom stereocenters. The summed E-state index contributed by atoms with van der Waals surface area (Å²) in [7, 11) is 0. The van der Waals surface area contributed by atoms with E-state index in [0.717, 1.165) is 17.1 Å². The zero-order valence-corrected chi connectivity index (χ0v) is 9.31. The number of aromatic nitrogens is 2. The molecule has 1 aliphatic heterocycles. The molecule has 0 aliphatic carbocycles. The molecule has 0 saturated carbocycles. The highest BCUT2D eigenvalue weighted by atomic mass is 14.9. The van der Waals surface area contributed by atoms with Gasteiger partial charge in [0.15, 0.2) is 0 Å². The van der Waals surface area contributed by atoms with Crippen LogP contribution in [0.5, 0.6) is 0 Å². The average molecular weight is 201 g/mol. The van der Waals surface area contributed by atoms with Gasteiger partial charge in [0.1, 0.15) is 5.69 Å². The Morgan fingerprint density at radius 2 is 2.07 bits per heavy atom. The zero-order valence-electron chi connectivity index (χ0n) is 9.31. The van der Waals surface area contributed by atoms with Crippen molar-refractivity contribution in [3.05, 3.63) is 29.4 Å². The van der Waals surface area contributed by atoms with Crippen LogP contribution in [0.2, 0.25) is 0 Å². The molecule has 0 aromatic carbocycles. The lowest BCUT2D eigenvalue weighted by Crippen LogP contribution is -2.01. The van der Waals surface area contributed by atoms with E-state index in [2.05, 4.69) is 28.8 Å². The van der Waals surface area contributed by atoms with Gasteiger partial charge in [0, 0.05) is 12.4 Å². The fourth-order valence-corrected chi connectivity index (χ4v) is 1.40. The first-order valence-electron chi connectivity index (χ1n) is 5.25. The third-order valence-corrected chi connectivity index (χ3v) is 2.40. The number of rotatable bonds is 1. The summed E-state index contributed by atoms with van der Waals surface area (Å²) in [5.41, 5.74) is 2.80. The average Bonchev–Trinajstić information content (AvgIpc) is 2.40. The molecule has 1 aromatic heterocycles. The van der Waals surface area contributed by atoms with Crippen LogP contribution in [0, 0.1) is 0 Å². The second-order valence-electron chi connectivity index (χ2n) is 4.10. The van der Waals surface area contributed by atoms with Crippen LogP contribution in [-0.2, 0) is 0 Å². The van der Waals surface area contributed by atoms with E-state index in [9.17, 15) is 0 Å². The van der Waals surface area contributed by atoms with Gasteiger partial charge >= 0.3 is 0 Å². The van der Waals surface area contributed by atoms with Gasteiger partial charge in [-0.15, -0.1) is 0 Å². The van der Waals surface area contributed by atoms with E-state index >= 15 is 0 Å². The summed E-state index contributed by atoms with van der Waals surface area (Å²) in [6.07, 6.45) is 7.69. The summed E-state index contributed by atoms with van der Waals surface area (Å²) in [4.78, 5) is 13.3. The van der Waals surface area contributed by atoms with Gasteiger partial charge in [-0.1, -0.05) is 19.9 Å². The topological polar surface area (TPSA) is 38.1 Å². The van der Waals surface area contributed by atoms with Crippen LogP contribution >= 0.6 is 0 Å². The fraction of sp³-hybridized carbons (Fsp3) is 0.417. The molecule has 78 valence electrons. The monoisotopic (exact) mass is 201 g/mol. The van der Waals surface area contributed by atoms with Gasteiger partial charge in [0.05, 0.1) is 17.4 Å². The Labute approximate surface area is 90.0 Å². The van der Waals surface area contributed by atoms with Gasteiger partial charge in [-0.05, 0) is 18.9 Å². The fourth-order valence-electron chi connectivity index (χ4n) is 1.40. The maximum Gasteiger partial charge on any atom is 0.107 e. The van der Waals surface area contributed by atoms with Crippen LogP contribution in [0.25, 0.3) is 6.08 Å². The molecule has 1 aromatic rings. The van der Waals surface area contributed by atoms with Gasteiger partial charge in [-0.25, -0.2) is 4.98 Å². The van der Waals surface area contributed by atoms with E-state index in [4.69, 9.17) is 0 Å². The molecule has 0 saturated heterocycles. The van der Waals surface area contributed by atoms with Crippen molar-refractivity contribution in [3.8, 4) is 0 Å². The first-order valence-corrected chi connectivity index (χ1v) is 5.25. The second kappa shape index (κ2) is 3.93. The van der Waals surface area contributed by atoms with Crippen molar-refractivity contribution in [1.82, 2.24) is 9.97 Å². The molecule has 1 atom stereocenters. The van der Waals surface area contributed by atoms with Crippen molar-refractivity contribution in [2.45, 2.75) is 32.7 Å². The second-order valence-corrected chi connectivity index (χ2v) is 4.10. The van der Waals surface area contributed by atoms with Crippen LogP contribution in [-0.4, -0.2) is 22.2 Å². The third-order valence-electron chi connectivity index (χ3n) is 2.40. The molecule has 2 rings (SSSR count). The van der Waals surface area contributed by atoms with Gasteiger partial charge in [0.25, 0.3) is 0 Å². The maximum atomic E-state index is 4.54. The van der Waals surface area contributed by atoms with Gasteiger partial charge in [-0.2, -0.15) is 0 Å². The van der Waals surface area contributed by atoms with Crippen LogP contribution in [0.1, 0.15) is 43.8 Å². The van der Waals surface area contributed by atoms with E-state index in [1.807, 2.05) is 31.5 Å². The molecule has 1 aliphatic rings. The van der Waals surface area contributed by atoms with Crippen LogP contribution in [0.15, 0.2) is 17.3 Å². The number of fused-ring (bicyclic) bond motifs is 1. The zero-order chi connectivity index (χ0) is 10.8. The molecule has 0 bridgehead atoms. The smallest absolute Gasteiger partial charge is 0.107 e. The van der Waals surface area contributed by atoms with Crippen LogP contribution in [0.3, 0.4) is 0 Å². The van der Waals surface area contributed by atoms with Gasteiger partial charge < -0.3 is 0 Å². The molecule has 0 amide bonds. The molecule has 2 heterocycles. The van der Waals surface area contributed by atoms with Crippen LogP contribution in [0.4, 0.5) is 0 Å². The first kappa shape index (κ1) is 10.0. The van der Waals surface area contributed by atoms with Gasteiger partial charge in [0.2, 0.25) is 0 Å². The minimum atomic E-state index is 0.212. The van der Waals surface area contributed by atoms with Crippen molar-refractivity contribution < 1.29 is 0 Å². The van der Waals surface area contributed by atoms with Crippen molar-refractivity contribution in [3.63, 3.8) is 0 Å². The maximum absolute atomic E-state index is 4.54. The molecule has 3 nitrogen and oxygen atoms in total. The highest BCUT2D eigenvalue weighted by Gasteiger charge is 2.08. The number of hydrogen-bond donors (Lipinski definition) is 0. The minimum absolute atomic E-state index is 0.212. The quantitative estimate of drug-likeness (QED) is 0.700. The minimum Gasteiger partial charge on any atom is -0.284 e. The van der Waals surface area contributed by atoms with E-state index in [1.54, 1.807) is 0 Å². The van der Waals surface area contributed by atoms with Crippen molar-refractivity contribution >= 4 is 12.3 Å². The van der Waals surface area contributed by atoms with Gasteiger partial charge in [-0.3, -0.25) is 9.98 Å². The van der Waals surface area contributed by atoms with E-state index in [-0.39, 0.29) is 6.04 Å². The Hall–Kier alpha value is -1.51. The summed E-state index contributed by atoms with van der Waals surface area (Å²) < 4.78 is 0. The number of nitrogens with zero attached hydrogens (tertiary/aromatic N) is 3. The Kier molecular flexibility index (Phi) is 2.62. The van der Waals surface area contributed by atoms with Crippen molar-refractivity contribution in [2.24, 2.45) is 4.99 Å². The van der Waals surface area contributed by atoms with Crippen molar-refractivity contribution in [2.75, 3.05) is 0 Å². The Bertz CT molecular complexity index is 419. The molecule has 0 fully saturated rings. The normalized spacial score (nSPS) is 19.1. The molecule has 0 radical (unpaired) electrons. The molecule has 0 N–H and O–H groups in total. The number of hydrogen-bond acceptors (Lipinski definition) is 3. The van der Waals surface area contributed by atoms with E-state index < -0.39 is 0 Å². The first-order chi connectivity index (χ1) is 7.16. The standard InChI is InChI=1S/C12H15N3/c1-8(2)11-6-14-10-5-4-9(3)13-7-12(10)15-11/h4-9H,1-3H3. The number of aliphatic imine (C=N–C) groups is 1. The summed E-state index contributed by atoms with van der Waals surface area (Å²) in [5.74, 6) is 0.404. The SMILES string of the molecule is CC1C=Cc2ncc(C(C)C)nc2C=N1. The van der Waals surface area contributed by atoms with E-state index in [0.29, 0.717) is 5.92 Å². The lowest BCUT2D eigenvalue weighted by Gasteiger charge is -2.05. The van der Waals surface area contributed by atoms with Crippen molar-refractivity contribution in [1.29, 1.82) is 0 Å². The predicted octanol–water partition coefficient (Wildman–Crippen LogP) is 2.43. The highest BCUT2D eigenvalue weighted by molar-refractivity contribution is 5.83. The lowest BCUT2D eigenvalue weighted by atomic mass is 10.1. The summed E-state index contributed by atoms with van der Waals surface area (Å²) in [5, 5.41) is 0. The molecule has 3 heteroatoms. The largest absolute Gasteiger partial charge is 0.284 e. The molecular weight excluding hydrogens is 186 g/mol. The Morgan fingerprint density at radius 1 is 1.27 bits per heavy atom. The molecule has 15 heavy (non-hydrogen) atoms. The highest BCUT2D eigenvalue weighted by Crippen LogP contribution is 2.14. The summed E-state index contributed by atoms with van der Waals surface area (Å²) in [6, 6.07) is 0.212. The predicted molar refractivity (Wildman–Crippen MR) is 62.2 cm³/mol. The summed E-state index contributed by atoms with van der Waals surface area (Å²) in [6.45, 7) is 6.27. The summed E-state index contributed by atoms with van der Waals surface area (Å²) >= 11 is 0.